The van der Waals surface area contributed by atoms with E-state index < -0.39 is 28.1 Å². The van der Waals surface area contributed by atoms with Gasteiger partial charge in [0.05, 0.1) is 18.3 Å². The normalized spacial score (nSPS) is 20.1. The molecule has 0 radical (unpaired) electrons. The fourth-order valence-electron chi connectivity index (χ4n) is 5.52. The maximum absolute atomic E-state index is 13.8. The molecule has 3 aromatic rings. The average Bonchev–Trinajstić information content (AvgIpc) is 3.67. The van der Waals surface area contributed by atoms with E-state index in [1.165, 1.54) is 15.4 Å². The Morgan fingerprint density at radius 1 is 1.12 bits per heavy atom. The minimum absolute atomic E-state index is 0.101. The van der Waals surface area contributed by atoms with Gasteiger partial charge in [-0.15, -0.1) is 11.3 Å². The van der Waals surface area contributed by atoms with Crippen LogP contribution >= 0.6 is 11.3 Å². The van der Waals surface area contributed by atoms with E-state index in [-0.39, 0.29) is 42.4 Å². The van der Waals surface area contributed by atoms with Crippen molar-refractivity contribution in [3.05, 3.63) is 77.4 Å². The van der Waals surface area contributed by atoms with Crippen LogP contribution < -0.4 is 5.32 Å². The molecule has 2 fully saturated rings. The van der Waals surface area contributed by atoms with E-state index in [0.717, 1.165) is 10.4 Å². The van der Waals surface area contributed by atoms with E-state index in [2.05, 4.69) is 10.3 Å². The topological polar surface area (TPSA) is 117 Å². The van der Waals surface area contributed by atoms with Gasteiger partial charge in [0.25, 0.3) is 5.91 Å². The first-order chi connectivity index (χ1) is 19.1. The summed E-state index contributed by atoms with van der Waals surface area (Å²) in [4.78, 5) is 46.6. The third-order valence-corrected chi connectivity index (χ3v) is 10.1. The number of aromatic nitrogens is 1. The summed E-state index contributed by atoms with van der Waals surface area (Å²) in [5, 5.41) is 4.88. The molecule has 2 aliphatic rings. The quantitative estimate of drug-likeness (QED) is 0.415. The second kappa shape index (κ2) is 11.6. The highest BCUT2D eigenvalue weighted by Gasteiger charge is 2.54. The van der Waals surface area contributed by atoms with Crippen LogP contribution in [-0.2, 0) is 25.4 Å². The lowest BCUT2D eigenvalue weighted by atomic mass is 10.0. The summed E-state index contributed by atoms with van der Waals surface area (Å²) < 4.78 is 27.7. The number of pyridine rings is 1. The molecule has 0 spiro atoms. The van der Waals surface area contributed by atoms with Gasteiger partial charge in [-0.25, -0.2) is 8.42 Å². The summed E-state index contributed by atoms with van der Waals surface area (Å²) in [5.74, 6) is -1.19. The molecule has 0 bridgehead atoms. The maximum Gasteiger partial charge on any atom is 0.251 e. The van der Waals surface area contributed by atoms with E-state index in [1.807, 2.05) is 43.5 Å². The molecular weight excluding hydrogens is 548 g/mol. The van der Waals surface area contributed by atoms with Gasteiger partial charge in [0.15, 0.2) is 5.78 Å². The van der Waals surface area contributed by atoms with Crippen LogP contribution in [0.5, 0.6) is 0 Å². The third-order valence-electron chi connectivity index (χ3n) is 7.35. The van der Waals surface area contributed by atoms with Crippen LogP contribution in [-0.4, -0.2) is 71.4 Å². The summed E-state index contributed by atoms with van der Waals surface area (Å²) >= 11 is 1.61. The van der Waals surface area contributed by atoms with Gasteiger partial charge in [-0.05, 0) is 59.5 Å². The zero-order valence-corrected chi connectivity index (χ0v) is 24.0. The van der Waals surface area contributed by atoms with Crippen LogP contribution in [0.1, 0.15) is 42.6 Å². The predicted molar refractivity (Wildman–Crippen MR) is 153 cm³/mol. The van der Waals surface area contributed by atoms with E-state index in [9.17, 15) is 22.8 Å². The van der Waals surface area contributed by atoms with Gasteiger partial charge in [0.1, 0.15) is 12.1 Å². The highest BCUT2D eigenvalue weighted by atomic mass is 32.2. The van der Waals surface area contributed by atoms with Crippen molar-refractivity contribution < 1.29 is 22.8 Å². The summed E-state index contributed by atoms with van der Waals surface area (Å²) in [5.41, 5.74) is 1.98. The number of hydrogen-bond donors (Lipinski definition) is 1. The van der Waals surface area contributed by atoms with Crippen molar-refractivity contribution in [3.63, 3.8) is 0 Å². The number of fused-ring (bicyclic) bond motifs is 1. The zero-order chi connectivity index (χ0) is 28.4. The summed E-state index contributed by atoms with van der Waals surface area (Å²) in [6.07, 6.45) is 3.81. The second-order valence-corrected chi connectivity index (χ2v) is 13.5. The number of nitrogens with one attached hydrogen (secondary N) is 1. The molecule has 1 N–H and O–H groups in total. The molecule has 0 saturated carbocycles. The molecule has 3 atom stereocenters. The number of rotatable bonds is 9. The SMILES string of the molecule is CC(C)CC(NC(=O)c1ccc(-c2cccs2)cc1)C(=O)N1CCC2C1C(=O)CN2S(=O)(=O)Cc1cccnc1. The van der Waals surface area contributed by atoms with E-state index in [0.29, 0.717) is 24.0 Å². The van der Waals surface area contributed by atoms with Gasteiger partial charge in [0.2, 0.25) is 15.9 Å². The molecule has 4 heterocycles. The molecule has 0 aliphatic carbocycles. The average molecular weight is 581 g/mol. The van der Waals surface area contributed by atoms with Gasteiger partial charge in [-0.1, -0.05) is 38.1 Å². The van der Waals surface area contributed by atoms with E-state index in [4.69, 9.17) is 0 Å². The number of thiophene rings is 1. The molecular formula is C29H32N4O5S2. The van der Waals surface area contributed by atoms with Crippen molar-refractivity contribution in [2.24, 2.45) is 5.92 Å². The number of likely N-dealkylation sites (tertiary alicyclic amines) is 1. The Bertz CT molecular complexity index is 1470. The Labute approximate surface area is 238 Å². The molecule has 9 nitrogen and oxygen atoms in total. The first kappa shape index (κ1) is 28.1. The molecule has 3 unspecified atom stereocenters. The van der Waals surface area contributed by atoms with E-state index >= 15 is 0 Å². The molecule has 2 aliphatic heterocycles. The monoisotopic (exact) mass is 580 g/mol. The lowest BCUT2D eigenvalue weighted by Crippen LogP contribution is -2.53. The number of carbonyl (C=O) groups excluding carboxylic acids is 3. The lowest BCUT2D eigenvalue weighted by molar-refractivity contribution is -0.138. The molecule has 5 rings (SSSR count). The van der Waals surface area contributed by atoms with Crippen LogP contribution in [0.4, 0.5) is 0 Å². The van der Waals surface area contributed by atoms with Crippen molar-refractivity contribution in [2.45, 2.75) is 50.6 Å². The van der Waals surface area contributed by atoms with Crippen LogP contribution in [0.25, 0.3) is 10.4 Å². The van der Waals surface area contributed by atoms with E-state index in [1.54, 1.807) is 41.8 Å². The van der Waals surface area contributed by atoms with Gasteiger partial charge in [0, 0.05) is 29.4 Å². The van der Waals surface area contributed by atoms with Gasteiger partial charge < -0.3 is 10.2 Å². The number of amides is 2. The Hall–Kier alpha value is -3.41. The van der Waals surface area contributed by atoms with Crippen LogP contribution in [0.3, 0.4) is 0 Å². The fraction of sp³-hybridized carbons (Fsp3) is 0.379. The first-order valence-corrected chi connectivity index (χ1v) is 15.8. The number of ketones is 1. The fourth-order valence-corrected chi connectivity index (χ4v) is 7.97. The molecule has 11 heteroatoms. The molecule has 40 heavy (non-hydrogen) atoms. The maximum atomic E-state index is 13.8. The number of sulfonamides is 1. The Balaban J connectivity index is 1.30. The summed E-state index contributed by atoms with van der Waals surface area (Å²) in [6.45, 7) is 3.91. The molecule has 2 aromatic heterocycles. The molecule has 1 aromatic carbocycles. The minimum atomic E-state index is -3.80. The Morgan fingerprint density at radius 3 is 2.55 bits per heavy atom. The van der Waals surface area contributed by atoms with Crippen molar-refractivity contribution in [3.8, 4) is 10.4 Å². The third kappa shape index (κ3) is 5.86. The number of benzene rings is 1. The van der Waals surface area contributed by atoms with Crippen LogP contribution in [0.15, 0.2) is 66.3 Å². The molecule has 2 saturated heterocycles. The molecule has 2 amide bonds. The highest BCUT2D eigenvalue weighted by Crippen LogP contribution is 2.33. The second-order valence-electron chi connectivity index (χ2n) is 10.7. The van der Waals surface area contributed by atoms with Gasteiger partial charge >= 0.3 is 0 Å². The smallest absolute Gasteiger partial charge is 0.251 e. The first-order valence-electron chi connectivity index (χ1n) is 13.3. The number of nitrogens with zero attached hydrogens (tertiary/aromatic N) is 3. The van der Waals surface area contributed by atoms with Crippen LogP contribution in [0.2, 0.25) is 0 Å². The van der Waals surface area contributed by atoms with Crippen molar-refractivity contribution in [2.75, 3.05) is 13.1 Å². The standard InChI is InChI=1S/C29H32N4O5S2/c1-19(2)15-23(31-28(35)22-9-7-21(8-10-22)26-6-4-14-39-26)29(36)32-13-11-24-27(32)25(34)17-33(24)40(37,38)18-20-5-3-12-30-16-20/h3-10,12,14,16,19,23-24,27H,11,13,15,17-18H2,1-2H3,(H,31,35). The van der Waals surface area contributed by atoms with Crippen LogP contribution in [0, 0.1) is 5.92 Å². The Kier molecular flexibility index (Phi) is 8.16. The van der Waals surface area contributed by atoms with Gasteiger partial charge in [-0.2, -0.15) is 4.31 Å². The zero-order valence-electron chi connectivity index (χ0n) is 22.4. The molecule has 210 valence electrons. The van der Waals surface area contributed by atoms with Crippen molar-refractivity contribution >= 4 is 39.0 Å². The summed E-state index contributed by atoms with van der Waals surface area (Å²) in [7, 11) is -3.80. The minimum Gasteiger partial charge on any atom is -0.340 e. The summed E-state index contributed by atoms with van der Waals surface area (Å²) in [6, 6.07) is 12.2. The van der Waals surface area contributed by atoms with Gasteiger partial charge in [-0.3, -0.25) is 19.4 Å². The predicted octanol–water partition coefficient (Wildman–Crippen LogP) is 3.34. The largest absolute Gasteiger partial charge is 0.340 e. The van der Waals surface area contributed by atoms with Crippen molar-refractivity contribution in [1.82, 2.24) is 19.5 Å². The Morgan fingerprint density at radius 2 is 1.90 bits per heavy atom. The number of Topliss-reactive ketones (excluding diaryl/α,β-unsaturated/α-hetero) is 1. The lowest BCUT2D eigenvalue weighted by Gasteiger charge is -2.29. The van der Waals surface area contributed by atoms with Crippen molar-refractivity contribution in [1.29, 1.82) is 0 Å². The number of carbonyl (C=O) groups is 3. The number of hydrogen-bond acceptors (Lipinski definition) is 7. The highest BCUT2D eigenvalue weighted by molar-refractivity contribution is 7.88.